The van der Waals surface area contributed by atoms with Crippen LogP contribution in [0.5, 0.6) is 0 Å². The first-order valence-electron chi connectivity index (χ1n) is 5.88. The minimum atomic E-state index is -3.60. The van der Waals surface area contributed by atoms with Gasteiger partial charge in [0.15, 0.2) is 9.84 Å². The van der Waals surface area contributed by atoms with Gasteiger partial charge in [-0.1, -0.05) is 24.3 Å². The zero-order valence-corrected chi connectivity index (χ0v) is 12.9. The van der Waals surface area contributed by atoms with Crippen molar-refractivity contribution in [2.45, 2.75) is 17.2 Å². The molecule has 106 valence electrons. The van der Waals surface area contributed by atoms with E-state index in [1.165, 1.54) is 18.2 Å². The SMILES string of the molecule is NCc1ccc(CS(=O)(=O)c2ccccc2Br)c(F)c1. The summed E-state index contributed by atoms with van der Waals surface area (Å²) in [5, 5.41) is 0. The molecule has 0 saturated heterocycles. The molecule has 0 saturated carbocycles. The Kier molecular flexibility index (Phi) is 4.57. The highest BCUT2D eigenvalue weighted by Gasteiger charge is 2.20. The lowest BCUT2D eigenvalue weighted by Crippen LogP contribution is -2.08. The van der Waals surface area contributed by atoms with Gasteiger partial charge >= 0.3 is 0 Å². The first kappa shape index (κ1) is 15.2. The lowest BCUT2D eigenvalue weighted by Gasteiger charge is -2.08. The van der Waals surface area contributed by atoms with Crippen molar-refractivity contribution in [3.8, 4) is 0 Å². The van der Waals surface area contributed by atoms with E-state index < -0.39 is 15.7 Å². The van der Waals surface area contributed by atoms with E-state index in [1.54, 1.807) is 24.3 Å². The fourth-order valence-electron chi connectivity index (χ4n) is 1.81. The van der Waals surface area contributed by atoms with E-state index in [4.69, 9.17) is 5.73 Å². The van der Waals surface area contributed by atoms with Crippen LogP contribution in [0.3, 0.4) is 0 Å². The molecule has 0 spiro atoms. The number of hydrogen-bond donors (Lipinski definition) is 1. The van der Waals surface area contributed by atoms with E-state index in [-0.39, 0.29) is 22.8 Å². The molecule has 0 radical (unpaired) electrons. The molecule has 0 fully saturated rings. The fraction of sp³-hybridized carbons (Fsp3) is 0.143. The number of sulfone groups is 1. The smallest absolute Gasteiger partial charge is 0.183 e. The van der Waals surface area contributed by atoms with E-state index in [2.05, 4.69) is 15.9 Å². The van der Waals surface area contributed by atoms with Crippen LogP contribution in [-0.2, 0) is 22.1 Å². The summed E-state index contributed by atoms with van der Waals surface area (Å²) < 4.78 is 38.9. The van der Waals surface area contributed by atoms with Crippen LogP contribution in [-0.4, -0.2) is 8.42 Å². The molecule has 2 aromatic rings. The van der Waals surface area contributed by atoms with Gasteiger partial charge in [-0.25, -0.2) is 12.8 Å². The van der Waals surface area contributed by atoms with E-state index in [1.807, 2.05) is 0 Å². The Morgan fingerprint density at radius 3 is 2.45 bits per heavy atom. The molecule has 2 rings (SSSR count). The van der Waals surface area contributed by atoms with Crippen molar-refractivity contribution >= 4 is 25.8 Å². The monoisotopic (exact) mass is 357 g/mol. The van der Waals surface area contributed by atoms with Gasteiger partial charge in [0.05, 0.1) is 10.6 Å². The van der Waals surface area contributed by atoms with E-state index in [0.29, 0.717) is 10.0 Å². The molecule has 0 aliphatic heterocycles. The van der Waals surface area contributed by atoms with Gasteiger partial charge in [-0.3, -0.25) is 0 Å². The molecule has 0 atom stereocenters. The molecular formula is C14H13BrFNO2S. The Labute approximate surface area is 125 Å². The molecule has 0 aliphatic carbocycles. The second kappa shape index (κ2) is 6.03. The summed E-state index contributed by atoms with van der Waals surface area (Å²) in [5.41, 5.74) is 6.18. The lowest BCUT2D eigenvalue weighted by molar-refractivity contribution is 0.586. The van der Waals surface area contributed by atoms with E-state index in [9.17, 15) is 12.8 Å². The summed E-state index contributed by atoms with van der Waals surface area (Å²) >= 11 is 3.20. The Morgan fingerprint density at radius 2 is 1.85 bits per heavy atom. The first-order valence-corrected chi connectivity index (χ1v) is 8.33. The Balaban J connectivity index is 2.36. The predicted octanol–water partition coefficient (Wildman–Crippen LogP) is 3.02. The van der Waals surface area contributed by atoms with E-state index in [0.717, 1.165) is 0 Å². The lowest BCUT2D eigenvalue weighted by atomic mass is 10.1. The van der Waals surface area contributed by atoms with Gasteiger partial charge in [-0.05, 0) is 39.7 Å². The van der Waals surface area contributed by atoms with Crippen molar-refractivity contribution < 1.29 is 12.8 Å². The van der Waals surface area contributed by atoms with Gasteiger partial charge in [0.2, 0.25) is 0 Å². The second-order valence-electron chi connectivity index (χ2n) is 4.32. The Bertz CT molecular complexity index is 732. The van der Waals surface area contributed by atoms with Crippen LogP contribution >= 0.6 is 15.9 Å². The highest BCUT2D eigenvalue weighted by Crippen LogP contribution is 2.25. The third-order valence-corrected chi connectivity index (χ3v) is 5.54. The summed E-state index contributed by atoms with van der Waals surface area (Å²) in [5.74, 6) is -0.935. The molecule has 0 aliphatic rings. The maximum atomic E-state index is 13.9. The predicted molar refractivity (Wildman–Crippen MR) is 79.3 cm³/mol. The zero-order chi connectivity index (χ0) is 14.8. The molecule has 2 aromatic carbocycles. The van der Waals surface area contributed by atoms with Crippen molar-refractivity contribution in [1.29, 1.82) is 0 Å². The molecule has 20 heavy (non-hydrogen) atoms. The van der Waals surface area contributed by atoms with Gasteiger partial charge < -0.3 is 5.73 Å². The number of hydrogen-bond acceptors (Lipinski definition) is 3. The maximum Gasteiger partial charge on any atom is 0.183 e. The summed E-state index contributed by atoms with van der Waals surface area (Å²) in [4.78, 5) is 0.155. The molecule has 3 nitrogen and oxygen atoms in total. The standard InChI is InChI=1S/C14H13BrFNO2S/c15-12-3-1-2-4-14(12)20(18,19)9-11-6-5-10(8-17)7-13(11)16/h1-7H,8-9,17H2. The average Bonchev–Trinajstić information content (AvgIpc) is 2.41. The van der Waals surface area contributed by atoms with Crippen LogP contribution in [0, 0.1) is 5.82 Å². The normalized spacial score (nSPS) is 11.6. The molecule has 0 heterocycles. The van der Waals surface area contributed by atoms with Crippen LogP contribution in [0.2, 0.25) is 0 Å². The fourth-order valence-corrected chi connectivity index (χ4v) is 4.29. The topological polar surface area (TPSA) is 60.2 Å². The highest BCUT2D eigenvalue weighted by atomic mass is 79.9. The summed E-state index contributed by atoms with van der Waals surface area (Å²) in [6.45, 7) is 0.216. The number of halogens is 2. The minimum absolute atomic E-state index is 0.137. The highest BCUT2D eigenvalue weighted by molar-refractivity contribution is 9.10. The molecule has 0 unspecified atom stereocenters. The first-order chi connectivity index (χ1) is 9.44. The molecule has 0 aromatic heterocycles. The zero-order valence-electron chi connectivity index (χ0n) is 10.5. The third-order valence-electron chi connectivity index (χ3n) is 2.87. The molecule has 6 heteroatoms. The van der Waals surface area contributed by atoms with Crippen molar-refractivity contribution in [3.63, 3.8) is 0 Å². The number of benzene rings is 2. The van der Waals surface area contributed by atoms with Crippen molar-refractivity contribution in [3.05, 3.63) is 63.9 Å². The molecule has 0 bridgehead atoms. The van der Waals surface area contributed by atoms with Crippen molar-refractivity contribution in [1.82, 2.24) is 0 Å². The Morgan fingerprint density at radius 1 is 1.15 bits per heavy atom. The average molecular weight is 358 g/mol. The molecule has 0 amide bonds. The van der Waals surface area contributed by atoms with Gasteiger partial charge in [0.1, 0.15) is 5.82 Å². The van der Waals surface area contributed by atoms with Crippen molar-refractivity contribution in [2.24, 2.45) is 5.73 Å². The number of rotatable bonds is 4. The van der Waals surface area contributed by atoms with Crippen LogP contribution in [0.4, 0.5) is 4.39 Å². The van der Waals surface area contributed by atoms with Crippen LogP contribution in [0.15, 0.2) is 51.8 Å². The number of nitrogens with two attached hydrogens (primary N) is 1. The van der Waals surface area contributed by atoms with Gasteiger partial charge in [0.25, 0.3) is 0 Å². The van der Waals surface area contributed by atoms with Gasteiger partial charge in [-0.15, -0.1) is 0 Å². The summed E-state index contributed by atoms with van der Waals surface area (Å²) in [7, 11) is -3.60. The van der Waals surface area contributed by atoms with Crippen LogP contribution in [0.1, 0.15) is 11.1 Å². The maximum absolute atomic E-state index is 13.9. The summed E-state index contributed by atoms with van der Waals surface area (Å²) in [6.07, 6.45) is 0. The van der Waals surface area contributed by atoms with Crippen LogP contribution < -0.4 is 5.73 Å². The molecular weight excluding hydrogens is 345 g/mol. The largest absolute Gasteiger partial charge is 0.326 e. The van der Waals surface area contributed by atoms with Crippen molar-refractivity contribution in [2.75, 3.05) is 0 Å². The summed E-state index contributed by atoms with van der Waals surface area (Å²) in [6, 6.07) is 10.8. The quantitative estimate of drug-likeness (QED) is 0.914. The molecule has 2 N–H and O–H groups in total. The second-order valence-corrected chi connectivity index (χ2v) is 7.13. The van der Waals surface area contributed by atoms with E-state index >= 15 is 0 Å². The minimum Gasteiger partial charge on any atom is -0.326 e. The third kappa shape index (κ3) is 3.26. The van der Waals surface area contributed by atoms with Gasteiger partial charge in [0, 0.05) is 16.6 Å². The van der Waals surface area contributed by atoms with Gasteiger partial charge in [-0.2, -0.15) is 0 Å². The Hall–Kier alpha value is -1.24. The van der Waals surface area contributed by atoms with Crippen LogP contribution in [0.25, 0.3) is 0 Å².